The Labute approximate surface area is 178 Å². The van der Waals surface area contributed by atoms with Crippen LogP contribution in [-0.4, -0.2) is 50.3 Å². The fraction of sp³-hybridized carbons (Fsp3) is 0.545. The Morgan fingerprint density at radius 2 is 2.28 bits per heavy atom. The molecular formula is C22H33N5OS. The molecule has 0 saturated carbocycles. The summed E-state index contributed by atoms with van der Waals surface area (Å²) in [7, 11) is 1.72. The zero-order valence-corrected chi connectivity index (χ0v) is 18.6. The molecule has 0 bridgehead atoms. The summed E-state index contributed by atoms with van der Waals surface area (Å²) in [6.45, 7) is 7.91. The minimum atomic E-state index is 0.374. The Kier molecular flexibility index (Phi) is 8.16. The number of nitrogens with zero attached hydrogens (tertiary/aromatic N) is 3. The van der Waals surface area contributed by atoms with E-state index in [9.17, 15) is 0 Å². The fourth-order valence-electron chi connectivity index (χ4n) is 3.54. The lowest BCUT2D eigenvalue weighted by Gasteiger charge is -2.35. The van der Waals surface area contributed by atoms with Gasteiger partial charge in [0.05, 0.1) is 12.1 Å². The molecule has 1 aliphatic heterocycles. The van der Waals surface area contributed by atoms with Gasteiger partial charge in [-0.2, -0.15) is 0 Å². The predicted molar refractivity (Wildman–Crippen MR) is 123 cm³/mol. The third-order valence-electron chi connectivity index (χ3n) is 5.07. The second-order valence-corrected chi connectivity index (χ2v) is 8.42. The molecule has 0 radical (unpaired) electrons. The summed E-state index contributed by atoms with van der Waals surface area (Å²) >= 11 is 1.80. The van der Waals surface area contributed by atoms with Crippen molar-refractivity contribution in [2.24, 2.45) is 4.99 Å². The first-order valence-corrected chi connectivity index (χ1v) is 11.4. The normalized spacial score (nSPS) is 17.3. The summed E-state index contributed by atoms with van der Waals surface area (Å²) < 4.78 is 5.38. The van der Waals surface area contributed by atoms with Crippen LogP contribution in [0.3, 0.4) is 0 Å². The van der Waals surface area contributed by atoms with Gasteiger partial charge in [-0.3, -0.25) is 4.99 Å². The summed E-state index contributed by atoms with van der Waals surface area (Å²) in [6, 6.07) is 8.69. The molecule has 1 unspecified atom stereocenters. The number of piperidine rings is 1. The Morgan fingerprint density at radius 3 is 3.03 bits per heavy atom. The first-order valence-electron chi connectivity index (χ1n) is 10.6. The minimum absolute atomic E-state index is 0.374. The van der Waals surface area contributed by atoms with Crippen molar-refractivity contribution in [3.8, 4) is 5.75 Å². The predicted octanol–water partition coefficient (Wildman–Crippen LogP) is 3.48. The molecule has 29 heavy (non-hydrogen) atoms. The third-order valence-corrected chi connectivity index (χ3v) is 6.27. The molecule has 1 aliphatic rings. The van der Waals surface area contributed by atoms with Crippen LogP contribution in [0.4, 0.5) is 5.69 Å². The molecule has 0 aliphatic carbocycles. The van der Waals surface area contributed by atoms with Gasteiger partial charge in [-0.1, -0.05) is 13.0 Å². The number of benzene rings is 1. The van der Waals surface area contributed by atoms with Crippen LogP contribution in [0.1, 0.15) is 36.6 Å². The number of thiazole rings is 1. The van der Waals surface area contributed by atoms with Gasteiger partial charge in [-0.05, 0) is 38.3 Å². The van der Waals surface area contributed by atoms with Crippen molar-refractivity contribution in [1.29, 1.82) is 0 Å². The van der Waals surface area contributed by atoms with Crippen molar-refractivity contribution in [3.63, 3.8) is 0 Å². The van der Waals surface area contributed by atoms with E-state index >= 15 is 0 Å². The van der Waals surface area contributed by atoms with Crippen LogP contribution < -0.4 is 20.3 Å². The Hall–Kier alpha value is -2.28. The number of anilines is 1. The summed E-state index contributed by atoms with van der Waals surface area (Å²) in [4.78, 5) is 13.0. The van der Waals surface area contributed by atoms with E-state index in [-0.39, 0.29) is 0 Å². The van der Waals surface area contributed by atoms with Crippen molar-refractivity contribution < 1.29 is 4.74 Å². The standard InChI is InChI=1S/C22H33N5OS/c1-4-20-15-25-21(29-20)11-12-24-22(23-5-2)26-17-8-7-13-27(16-17)18-9-6-10-19(14-18)28-3/h6,9-10,14-15,17H,4-5,7-8,11-13,16H2,1-3H3,(H2,23,24,26). The highest BCUT2D eigenvalue weighted by Gasteiger charge is 2.21. The van der Waals surface area contributed by atoms with E-state index in [2.05, 4.69) is 52.6 Å². The summed E-state index contributed by atoms with van der Waals surface area (Å²) in [6.07, 6.45) is 6.24. The van der Waals surface area contributed by atoms with Gasteiger partial charge in [0.2, 0.25) is 0 Å². The number of aliphatic imine (C=N–C) groups is 1. The number of guanidine groups is 1. The van der Waals surface area contributed by atoms with E-state index in [1.54, 1.807) is 18.4 Å². The van der Waals surface area contributed by atoms with E-state index in [0.29, 0.717) is 6.04 Å². The number of hydrogen-bond donors (Lipinski definition) is 2. The lowest BCUT2D eigenvalue weighted by atomic mass is 10.0. The summed E-state index contributed by atoms with van der Waals surface area (Å²) in [5, 5.41) is 8.20. The highest BCUT2D eigenvalue weighted by Crippen LogP contribution is 2.24. The molecule has 1 fully saturated rings. The van der Waals surface area contributed by atoms with Crippen molar-refractivity contribution >= 4 is 23.0 Å². The van der Waals surface area contributed by atoms with E-state index in [0.717, 1.165) is 63.6 Å². The molecule has 2 aromatic rings. The molecule has 1 saturated heterocycles. The molecular weight excluding hydrogens is 382 g/mol. The Balaban J connectivity index is 1.57. The second-order valence-electron chi connectivity index (χ2n) is 7.22. The van der Waals surface area contributed by atoms with Crippen molar-refractivity contribution in [1.82, 2.24) is 15.6 Å². The Morgan fingerprint density at radius 1 is 1.38 bits per heavy atom. The maximum absolute atomic E-state index is 5.38. The average molecular weight is 416 g/mol. The number of hydrogen-bond acceptors (Lipinski definition) is 5. The molecule has 0 spiro atoms. The van der Waals surface area contributed by atoms with Gasteiger partial charge in [0, 0.05) is 61.5 Å². The highest BCUT2D eigenvalue weighted by atomic mass is 32.1. The van der Waals surface area contributed by atoms with Gasteiger partial charge < -0.3 is 20.3 Å². The molecule has 2 N–H and O–H groups in total. The molecule has 1 aromatic heterocycles. The van der Waals surface area contributed by atoms with Crippen LogP contribution >= 0.6 is 11.3 Å². The molecule has 158 valence electrons. The number of ether oxygens (including phenoxy) is 1. The number of aromatic nitrogens is 1. The summed E-state index contributed by atoms with van der Waals surface area (Å²) in [5.74, 6) is 1.80. The van der Waals surface area contributed by atoms with E-state index in [4.69, 9.17) is 9.73 Å². The number of aryl methyl sites for hydroxylation is 1. The average Bonchev–Trinajstić information content (AvgIpc) is 3.22. The van der Waals surface area contributed by atoms with Gasteiger partial charge in [-0.25, -0.2) is 4.98 Å². The van der Waals surface area contributed by atoms with Gasteiger partial charge in [-0.15, -0.1) is 11.3 Å². The van der Waals surface area contributed by atoms with Crippen molar-refractivity contribution in [2.45, 2.75) is 45.6 Å². The second kappa shape index (κ2) is 11.0. The smallest absolute Gasteiger partial charge is 0.191 e. The summed E-state index contributed by atoms with van der Waals surface area (Å²) in [5.41, 5.74) is 1.22. The van der Waals surface area contributed by atoms with Gasteiger partial charge in [0.15, 0.2) is 5.96 Å². The van der Waals surface area contributed by atoms with Crippen LogP contribution in [0.5, 0.6) is 5.75 Å². The maximum atomic E-state index is 5.38. The molecule has 1 atom stereocenters. The lowest BCUT2D eigenvalue weighted by Crippen LogP contribution is -2.51. The third kappa shape index (κ3) is 6.35. The zero-order chi connectivity index (χ0) is 20.5. The van der Waals surface area contributed by atoms with Gasteiger partial charge in [0.1, 0.15) is 5.75 Å². The van der Waals surface area contributed by atoms with Crippen molar-refractivity contribution in [2.75, 3.05) is 38.2 Å². The topological polar surface area (TPSA) is 61.8 Å². The molecule has 2 heterocycles. The van der Waals surface area contributed by atoms with Crippen LogP contribution in [0.2, 0.25) is 0 Å². The first-order chi connectivity index (χ1) is 14.2. The van der Waals surface area contributed by atoms with E-state index < -0.39 is 0 Å². The monoisotopic (exact) mass is 415 g/mol. The molecule has 7 heteroatoms. The van der Waals surface area contributed by atoms with Gasteiger partial charge >= 0.3 is 0 Å². The van der Waals surface area contributed by atoms with Crippen LogP contribution in [0.15, 0.2) is 35.5 Å². The maximum Gasteiger partial charge on any atom is 0.191 e. The number of methoxy groups -OCH3 is 1. The Bertz CT molecular complexity index is 791. The van der Waals surface area contributed by atoms with Crippen molar-refractivity contribution in [3.05, 3.63) is 40.3 Å². The minimum Gasteiger partial charge on any atom is -0.497 e. The molecule has 6 nitrogen and oxygen atoms in total. The van der Waals surface area contributed by atoms with Crippen LogP contribution in [0.25, 0.3) is 0 Å². The SMILES string of the molecule is CCNC(=NCCc1ncc(CC)s1)NC1CCCN(c2cccc(OC)c2)C1. The van der Waals surface area contributed by atoms with E-state index in [1.165, 1.54) is 15.6 Å². The van der Waals surface area contributed by atoms with Crippen LogP contribution in [-0.2, 0) is 12.8 Å². The van der Waals surface area contributed by atoms with E-state index in [1.807, 2.05) is 12.3 Å². The first kappa shape index (κ1) is 21.4. The molecule has 0 amide bonds. The quantitative estimate of drug-likeness (QED) is 0.511. The fourth-order valence-corrected chi connectivity index (χ4v) is 4.39. The number of rotatable bonds is 8. The van der Waals surface area contributed by atoms with Crippen LogP contribution in [0, 0.1) is 0 Å². The van der Waals surface area contributed by atoms with Gasteiger partial charge in [0.25, 0.3) is 0 Å². The largest absolute Gasteiger partial charge is 0.497 e. The highest BCUT2D eigenvalue weighted by molar-refractivity contribution is 7.11. The molecule has 3 rings (SSSR count). The number of nitrogens with one attached hydrogen (secondary N) is 2. The zero-order valence-electron chi connectivity index (χ0n) is 17.8. The molecule has 1 aromatic carbocycles. The lowest BCUT2D eigenvalue weighted by molar-refractivity contribution is 0.414.